The smallest absolute Gasteiger partial charge is 0.416 e. The molecule has 13 heteroatoms. The summed E-state index contributed by atoms with van der Waals surface area (Å²) < 4.78 is 50.9. The predicted octanol–water partition coefficient (Wildman–Crippen LogP) is 5.81. The lowest BCUT2D eigenvalue weighted by molar-refractivity contribution is -0.183. The molecule has 0 saturated carbocycles. The van der Waals surface area contributed by atoms with E-state index in [9.17, 15) is 27.9 Å². The Morgan fingerprint density at radius 3 is 2.61 bits per heavy atom. The van der Waals surface area contributed by atoms with Crippen LogP contribution < -0.4 is 5.32 Å². The summed E-state index contributed by atoms with van der Waals surface area (Å²) in [4.78, 5) is 23.4. The summed E-state index contributed by atoms with van der Waals surface area (Å²) in [5.41, 5.74) is -0.917. The lowest BCUT2D eigenvalue weighted by atomic mass is 9.92. The second-order valence-corrected chi connectivity index (χ2v) is 9.31. The van der Waals surface area contributed by atoms with E-state index in [1.54, 1.807) is 12.2 Å². The molecular formula is C25H25F3N4O5S. The quantitative estimate of drug-likeness (QED) is 0.202. The summed E-state index contributed by atoms with van der Waals surface area (Å²) in [6.07, 6.45) is 3.42. The van der Waals surface area contributed by atoms with Crippen molar-refractivity contribution >= 4 is 45.9 Å². The summed E-state index contributed by atoms with van der Waals surface area (Å²) in [7, 11) is 0. The molecule has 2 aromatic rings. The molecule has 0 saturated heterocycles. The van der Waals surface area contributed by atoms with Gasteiger partial charge in [0.25, 0.3) is 0 Å². The fourth-order valence-corrected chi connectivity index (χ4v) is 3.81. The molecule has 1 aromatic carbocycles. The van der Waals surface area contributed by atoms with Crippen molar-refractivity contribution in [3.63, 3.8) is 0 Å². The summed E-state index contributed by atoms with van der Waals surface area (Å²) in [5.74, 6) is -2.24. The molecule has 0 amide bonds. The van der Waals surface area contributed by atoms with Crippen LogP contribution in [0.3, 0.4) is 0 Å². The van der Waals surface area contributed by atoms with Crippen molar-refractivity contribution in [2.75, 3.05) is 0 Å². The third-order valence-corrected chi connectivity index (χ3v) is 5.37. The van der Waals surface area contributed by atoms with Crippen molar-refractivity contribution < 1.29 is 37.3 Å². The van der Waals surface area contributed by atoms with E-state index in [-0.39, 0.29) is 27.1 Å². The summed E-state index contributed by atoms with van der Waals surface area (Å²) in [6.45, 7) is 5.78. The number of benzene rings is 1. The van der Waals surface area contributed by atoms with E-state index < -0.39 is 42.4 Å². The fourth-order valence-electron chi connectivity index (χ4n) is 3.65. The molecule has 1 atom stereocenters. The Morgan fingerprint density at radius 2 is 1.95 bits per heavy atom. The van der Waals surface area contributed by atoms with Gasteiger partial charge in [-0.2, -0.15) is 13.2 Å². The van der Waals surface area contributed by atoms with E-state index in [1.165, 1.54) is 6.92 Å². The van der Waals surface area contributed by atoms with Crippen LogP contribution in [0, 0.1) is 5.41 Å². The van der Waals surface area contributed by atoms with Crippen molar-refractivity contribution in [3.05, 3.63) is 59.8 Å². The van der Waals surface area contributed by atoms with Crippen LogP contribution in [0.1, 0.15) is 33.3 Å². The molecule has 1 aromatic heterocycles. The number of azo groups is 1. The number of hydrogen-bond donors (Lipinski definition) is 2. The maximum Gasteiger partial charge on any atom is 0.416 e. The van der Waals surface area contributed by atoms with Gasteiger partial charge >= 0.3 is 18.1 Å². The number of alkyl halides is 3. The normalized spacial score (nSPS) is 15.7. The zero-order chi connectivity index (χ0) is 28.3. The molecule has 2 N–H and O–H groups in total. The SMILES string of the molecule is CC(=O)OC(C)OC(=O)Cn1c(O)c(N=NC(=S)NC2=CC(C)(C)C=CC=C2)c2cc(C(F)(F)F)ccc21. The van der Waals surface area contributed by atoms with Gasteiger partial charge in [-0.1, -0.05) is 38.2 Å². The van der Waals surface area contributed by atoms with E-state index in [0.717, 1.165) is 29.7 Å². The molecule has 9 nitrogen and oxygen atoms in total. The summed E-state index contributed by atoms with van der Waals surface area (Å²) in [5, 5.41) is 21.2. The second-order valence-electron chi connectivity index (χ2n) is 8.92. The first-order valence-corrected chi connectivity index (χ1v) is 11.7. The zero-order valence-corrected chi connectivity index (χ0v) is 21.7. The number of halogens is 3. The first-order valence-electron chi connectivity index (χ1n) is 11.3. The number of carbonyl (C=O) groups is 2. The highest BCUT2D eigenvalue weighted by Gasteiger charge is 2.32. The van der Waals surface area contributed by atoms with Crippen LogP contribution in [0.2, 0.25) is 0 Å². The van der Waals surface area contributed by atoms with Crippen molar-refractivity contribution in [2.24, 2.45) is 15.6 Å². The average Bonchev–Trinajstić information content (AvgIpc) is 2.90. The number of rotatable bonds is 6. The van der Waals surface area contributed by atoms with Gasteiger partial charge < -0.3 is 19.9 Å². The lowest BCUT2D eigenvalue weighted by Gasteiger charge is -2.15. The van der Waals surface area contributed by atoms with Gasteiger partial charge in [0, 0.05) is 30.3 Å². The molecule has 0 spiro atoms. The molecule has 1 aliphatic rings. The number of ether oxygens (including phenoxy) is 2. The van der Waals surface area contributed by atoms with Gasteiger partial charge in [-0.25, -0.2) is 0 Å². The third-order valence-electron chi connectivity index (χ3n) is 5.19. The minimum Gasteiger partial charge on any atom is -0.493 e. The number of thiocarbonyl (C=S) groups is 1. The molecule has 0 aliphatic heterocycles. The summed E-state index contributed by atoms with van der Waals surface area (Å²) in [6, 6.07) is 2.68. The Bertz CT molecular complexity index is 1390. The highest BCUT2D eigenvalue weighted by atomic mass is 32.1. The fraction of sp³-hybridized carbons (Fsp3) is 0.320. The van der Waals surface area contributed by atoms with E-state index in [2.05, 4.69) is 15.5 Å². The van der Waals surface area contributed by atoms with Crippen LogP contribution in [0.25, 0.3) is 10.9 Å². The topological polar surface area (TPSA) is 115 Å². The van der Waals surface area contributed by atoms with Gasteiger partial charge in [-0.05, 0) is 36.5 Å². The molecule has 0 bridgehead atoms. The Morgan fingerprint density at radius 1 is 1.24 bits per heavy atom. The number of allylic oxidation sites excluding steroid dienone is 5. The number of aromatic nitrogens is 1. The molecule has 38 heavy (non-hydrogen) atoms. The van der Waals surface area contributed by atoms with Gasteiger partial charge in [0.2, 0.25) is 17.3 Å². The minimum atomic E-state index is -4.67. The van der Waals surface area contributed by atoms with Crippen molar-refractivity contribution in [1.82, 2.24) is 9.88 Å². The van der Waals surface area contributed by atoms with Crippen LogP contribution in [0.5, 0.6) is 5.88 Å². The minimum absolute atomic E-state index is 0.0580. The Kier molecular flexibility index (Phi) is 8.40. The second kappa shape index (κ2) is 11.2. The van der Waals surface area contributed by atoms with Gasteiger partial charge in [0.05, 0.1) is 11.1 Å². The molecule has 202 valence electrons. The molecule has 0 radical (unpaired) electrons. The molecule has 1 heterocycles. The predicted molar refractivity (Wildman–Crippen MR) is 136 cm³/mol. The highest BCUT2D eigenvalue weighted by molar-refractivity contribution is 7.80. The van der Waals surface area contributed by atoms with Crippen LogP contribution >= 0.6 is 12.2 Å². The largest absolute Gasteiger partial charge is 0.493 e. The van der Waals surface area contributed by atoms with Gasteiger partial charge in [-0.3, -0.25) is 14.2 Å². The Labute approximate surface area is 221 Å². The number of nitrogens with zero attached hydrogens (tertiary/aromatic N) is 3. The van der Waals surface area contributed by atoms with Crippen molar-refractivity contribution in [3.8, 4) is 5.88 Å². The van der Waals surface area contributed by atoms with Crippen LogP contribution in [0.15, 0.2) is 64.5 Å². The molecule has 1 aliphatic carbocycles. The summed E-state index contributed by atoms with van der Waals surface area (Å²) >= 11 is 5.21. The maximum atomic E-state index is 13.4. The molecule has 0 fully saturated rings. The number of hydrogen-bond acceptors (Lipinski definition) is 7. The average molecular weight is 551 g/mol. The van der Waals surface area contributed by atoms with Crippen LogP contribution in [0.4, 0.5) is 18.9 Å². The first-order chi connectivity index (χ1) is 17.7. The number of carbonyl (C=O) groups excluding carboxylic acids is 2. The molecule has 3 rings (SSSR count). The van der Waals surface area contributed by atoms with E-state index >= 15 is 0 Å². The van der Waals surface area contributed by atoms with Crippen molar-refractivity contribution in [2.45, 2.75) is 46.7 Å². The molecule has 1 unspecified atom stereocenters. The number of esters is 2. The number of fused-ring (bicyclic) bond motifs is 1. The highest BCUT2D eigenvalue weighted by Crippen LogP contribution is 2.42. The van der Waals surface area contributed by atoms with E-state index in [4.69, 9.17) is 21.7 Å². The molecular weight excluding hydrogens is 525 g/mol. The van der Waals surface area contributed by atoms with E-state index in [0.29, 0.717) is 5.70 Å². The maximum absolute atomic E-state index is 13.4. The Balaban J connectivity index is 1.95. The van der Waals surface area contributed by atoms with Crippen LogP contribution in [-0.4, -0.2) is 33.0 Å². The Hall–Kier alpha value is -4.00. The standard InChI is InChI=1S/C25H25F3N4O5S/c1-14(33)36-15(2)37-20(34)13-32-19-9-8-16(25(26,27)28)11-18(19)21(22(32)35)30-31-23(38)29-17-7-5-6-10-24(3,4)12-17/h5-12,15,35H,13H2,1-4H3,(H,29,38). The monoisotopic (exact) mass is 550 g/mol. The van der Waals surface area contributed by atoms with E-state index in [1.807, 2.05) is 32.1 Å². The van der Waals surface area contributed by atoms with Gasteiger partial charge in [-0.15, -0.1) is 10.2 Å². The first kappa shape index (κ1) is 28.6. The van der Waals surface area contributed by atoms with Gasteiger partial charge in [0.1, 0.15) is 6.54 Å². The zero-order valence-electron chi connectivity index (χ0n) is 20.9. The lowest BCUT2D eigenvalue weighted by Crippen LogP contribution is -2.23. The van der Waals surface area contributed by atoms with Gasteiger partial charge in [0.15, 0.2) is 5.69 Å². The number of aromatic hydroxyl groups is 1. The third kappa shape index (κ3) is 7.28. The number of nitrogens with one attached hydrogen (secondary N) is 1. The van der Waals surface area contributed by atoms with Crippen molar-refractivity contribution in [1.29, 1.82) is 0 Å². The van der Waals surface area contributed by atoms with Crippen LogP contribution in [-0.2, 0) is 31.8 Å².